The minimum Gasteiger partial charge on any atom is -0.385 e. The van der Waals surface area contributed by atoms with Gasteiger partial charge in [0.05, 0.1) is 11.4 Å². The molecule has 146 valence electrons. The fourth-order valence-corrected chi connectivity index (χ4v) is 3.45. The summed E-state index contributed by atoms with van der Waals surface area (Å²) < 4.78 is 7.64. The molecule has 1 amide bonds. The van der Waals surface area contributed by atoms with Crippen LogP contribution in [0.5, 0.6) is 0 Å². The number of amides is 1. The summed E-state index contributed by atoms with van der Waals surface area (Å²) in [7, 11) is 1.63. The number of methoxy groups -OCH3 is 1. The quantitative estimate of drug-likeness (QED) is 0.296. The molecule has 0 radical (unpaired) electrons. The molecule has 28 heavy (non-hydrogen) atoms. The van der Waals surface area contributed by atoms with Crippen molar-refractivity contribution < 1.29 is 9.53 Å². The number of hydrogen-bond donors (Lipinski definition) is 1. The van der Waals surface area contributed by atoms with Crippen LogP contribution in [0.4, 0.5) is 0 Å². The first-order valence-electron chi connectivity index (χ1n) is 8.56. The monoisotopic (exact) mass is 462 g/mol. The number of hydrogen-bond acceptors (Lipinski definition) is 7. The van der Waals surface area contributed by atoms with Crippen LogP contribution in [0.3, 0.4) is 0 Å². The van der Waals surface area contributed by atoms with Gasteiger partial charge in [0.15, 0.2) is 10.9 Å². The van der Waals surface area contributed by atoms with Crippen LogP contribution in [0.15, 0.2) is 52.4 Å². The summed E-state index contributed by atoms with van der Waals surface area (Å²) in [5.41, 5.74) is 1.80. The van der Waals surface area contributed by atoms with Gasteiger partial charge in [0.25, 0.3) is 5.91 Å². The summed E-state index contributed by atoms with van der Waals surface area (Å²) in [5, 5.41) is 11.8. The minimum absolute atomic E-state index is 0.260. The van der Waals surface area contributed by atoms with E-state index in [1.165, 1.54) is 11.8 Å². The lowest BCUT2D eigenvalue weighted by molar-refractivity contribution is 0.0943. The largest absolute Gasteiger partial charge is 0.385 e. The molecule has 2 aromatic heterocycles. The van der Waals surface area contributed by atoms with Crippen LogP contribution in [0.2, 0.25) is 0 Å². The van der Waals surface area contributed by atoms with Gasteiger partial charge >= 0.3 is 0 Å². The highest BCUT2D eigenvalue weighted by atomic mass is 79.9. The van der Waals surface area contributed by atoms with Crippen LogP contribution in [0, 0.1) is 0 Å². The number of carbonyl (C=O) groups excluding carboxylic acids is 1. The number of nitrogens with one attached hydrogen (secondary N) is 1. The summed E-state index contributed by atoms with van der Waals surface area (Å²) in [4.78, 5) is 21.1. The van der Waals surface area contributed by atoms with E-state index in [1.807, 2.05) is 24.3 Å². The van der Waals surface area contributed by atoms with Crippen molar-refractivity contribution in [3.05, 3.63) is 58.6 Å². The van der Waals surface area contributed by atoms with E-state index in [2.05, 4.69) is 41.5 Å². The van der Waals surface area contributed by atoms with Gasteiger partial charge in [-0.3, -0.25) is 4.79 Å². The van der Waals surface area contributed by atoms with Gasteiger partial charge in [-0.2, -0.15) is 0 Å². The molecular weight excluding hydrogens is 444 g/mol. The van der Waals surface area contributed by atoms with E-state index in [0.29, 0.717) is 35.4 Å². The van der Waals surface area contributed by atoms with Crippen molar-refractivity contribution in [2.24, 2.45) is 0 Å². The first kappa shape index (κ1) is 20.4. The minimum atomic E-state index is -0.260. The van der Waals surface area contributed by atoms with Crippen molar-refractivity contribution in [1.82, 2.24) is 30.3 Å². The fourth-order valence-electron chi connectivity index (χ4n) is 2.39. The third-order valence-electron chi connectivity index (χ3n) is 3.74. The molecule has 0 aliphatic carbocycles. The molecule has 3 rings (SSSR count). The van der Waals surface area contributed by atoms with Gasteiger partial charge in [0.2, 0.25) is 0 Å². The summed E-state index contributed by atoms with van der Waals surface area (Å²) in [6.45, 7) is 1.09. The highest BCUT2D eigenvalue weighted by Crippen LogP contribution is 2.23. The lowest BCUT2D eigenvalue weighted by atomic mass is 10.3. The van der Waals surface area contributed by atoms with E-state index < -0.39 is 0 Å². The van der Waals surface area contributed by atoms with E-state index in [-0.39, 0.29) is 5.91 Å². The third kappa shape index (κ3) is 5.37. The Morgan fingerprint density at radius 3 is 2.71 bits per heavy atom. The Bertz CT molecular complexity index is 904. The number of ether oxygens (including phenoxy) is 1. The molecule has 3 aromatic rings. The summed E-state index contributed by atoms with van der Waals surface area (Å²) in [6, 6.07) is 9.41. The first-order valence-corrected chi connectivity index (χ1v) is 10.3. The Kier molecular flexibility index (Phi) is 7.52. The summed E-state index contributed by atoms with van der Waals surface area (Å²) in [6.07, 6.45) is 4.09. The zero-order chi connectivity index (χ0) is 19.8. The molecule has 2 heterocycles. The number of thioether (sulfide) groups is 1. The van der Waals surface area contributed by atoms with Gasteiger partial charge in [0.1, 0.15) is 0 Å². The zero-order valence-electron chi connectivity index (χ0n) is 15.2. The summed E-state index contributed by atoms with van der Waals surface area (Å²) in [5.74, 6) is 0.192. The fraction of sp³-hybridized carbons (Fsp3) is 0.278. The first-order chi connectivity index (χ1) is 13.7. The molecule has 0 saturated carbocycles. The van der Waals surface area contributed by atoms with Gasteiger partial charge < -0.3 is 10.1 Å². The lowest BCUT2D eigenvalue weighted by Crippen LogP contribution is -2.26. The van der Waals surface area contributed by atoms with Gasteiger partial charge in [0, 0.05) is 42.9 Å². The predicted octanol–water partition coefficient (Wildman–Crippen LogP) is 2.88. The van der Waals surface area contributed by atoms with Crippen molar-refractivity contribution in [3.63, 3.8) is 0 Å². The van der Waals surface area contributed by atoms with Crippen LogP contribution < -0.4 is 5.32 Å². The number of benzene rings is 1. The van der Waals surface area contributed by atoms with E-state index in [0.717, 1.165) is 16.6 Å². The standard InChI is InChI=1S/C18H19BrN6O2S/c1-27-11-3-10-20-17(26)16-15(12-28-18-21-8-2-9-22-18)25(24-23-16)14-6-4-13(19)5-7-14/h2,4-9H,3,10-12H2,1H3,(H,20,26). The molecule has 0 atom stereocenters. The molecule has 0 aliphatic rings. The number of carbonyl (C=O) groups is 1. The van der Waals surface area contributed by atoms with E-state index in [4.69, 9.17) is 4.74 Å². The predicted molar refractivity (Wildman–Crippen MR) is 109 cm³/mol. The van der Waals surface area contributed by atoms with E-state index in [1.54, 1.807) is 30.3 Å². The molecule has 8 nitrogen and oxygen atoms in total. The Morgan fingerprint density at radius 2 is 2.00 bits per heavy atom. The molecule has 0 unspecified atom stereocenters. The molecule has 0 fully saturated rings. The van der Waals surface area contributed by atoms with Crippen molar-refractivity contribution in [2.75, 3.05) is 20.3 Å². The third-order valence-corrected chi connectivity index (χ3v) is 5.16. The number of nitrogens with zero attached hydrogens (tertiary/aromatic N) is 5. The maximum absolute atomic E-state index is 12.6. The highest BCUT2D eigenvalue weighted by Gasteiger charge is 2.21. The molecule has 0 spiro atoms. The van der Waals surface area contributed by atoms with Crippen molar-refractivity contribution in [3.8, 4) is 5.69 Å². The molecule has 0 saturated heterocycles. The van der Waals surface area contributed by atoms with Crippen LogP contribution in [0.25, 0.3) is 5.69 Å². The summed E-state index contributed by atoms with van der Waals surface area (Å²) >= 11 is 4.85. The van der Waals surface area contributed by atoms with E-state index >= 15 is 0 Å². The van der Waals surface area contributed by atoms with Crippen molar-refractivity contribution in [1.29, 1.82) is 0 Å². The normalized spacial score (nSPS) is 10.8. The van der Waals surface area contributed by atoms with Crippen molar-refractivity contribution >= 4 is 33.6 Å². The Labute approximate surface area is 175 Å². The second kappa shape index (κ2) is 10.3. The average Bonchev–Trinajstić information content (AvgIpc) is 3.15. The molecule has 0 aliphatic heterocycles. The van der Waals surface area contributed by atoms with Crippen LogP contribution in [-0.4, -0.2) is 51.1 Å². The van der Waals surface area contributed by atoms with Crippen LogP contribution in [0.1, 0.15) is 22.6 Å². The molecule has 1 aromatic carbocycles. The lowest BCUT2D eigenvalue weighted by Gasteiger charge is -2.08. The highest BCUT2D eigenvalue weighted by molar-refractivity contribution is 9.10. The maximum atomic E-state index is 12.6. The number of rotatable bonds is 9. The van der Waals surface area contributed by atoms with Gasteiger partial charge in [-0.05, 0) is 36.8 Å². The van der Waals surface area contributed by atoms with Crippen molar-refractivity contribution in [2.45, 2.75) is 17.3 Å². The Hall–Kier alpha value is -2.30. The second-order valence-corrected chi connectivity index (χ2v) is 7.55. The van der Waals surface area contributed by atoms with E-state index in [9.17, 15) is 4.79 Å². The van der Waals surface area contributed by atoms with Gasteiger partial charge in [-0.1, -0.05) is 32.9 Å². The van der Waals surface area contributed by atoms with Gasteiger partial charge in [-0.25, -0.2) is 14.6 Å². The maximum Gasteiger partial charge on any atom is 0.273 e. The van der Waals surface area contributed by atoms with Crippen LogP contribution in [-0.2, 0) is 10.5 Å². The average molecular weight is 463 g/mol. The van der Waals surface area contributed by atoms with Gasteiger partial charge in [-0.15, -0.1) is 5.10 Å². The Morgan fingerprint density at radius 1 is 1.25 bits per heavy atom. The molecule has 10 heteroatoms. The smallest absolute Gasteiger partial charge is 0.273 e. The van der Waals surface area contributed by atoms with Crippen LogP contribution >= 0.6 is 27.7 Å². The molecule has 1 N–H and O–H groups in total. The topological polar surface area (TPSA) is 94.8 Å². The molecule has 0 bridgehead atoms. The number of aromatic nitrogens is 5. The Balaban J connectivity index is 1.84. The number of halogens is 1. The zero-order valence-corrected chi connectivity index (χ0v) is 17.6. The molecular formula is C18H19BrN6O2S. The SMILES string of the molecule is COCCCNC(=O)c1nnn(-c2ccc(Br)cc2)c1CSc1ncccn1. The second-order valence-electron chi connectivity index (χ2n) is 5.70.